The number of aliphatic hydroxyl groups excluding tert-OH is 3. The van der Waals surface area contributed by atoms with Gasteiger partial charge in [-0.3, -0.25) is 4.79 Å². The molecular formula is C25H32O7. The van der Waals surface area contributed by atoms with Gasteiger partial charge in [-0.15, -0.1) is 0 Å². The summed E-state index contributed by atoms with van der Waals surface area (Å²) in [4.78, 5) is 12.5. The number of aliphatic hydroxyl groups is 3. The molecule has 6 atom stereocenters. The summed E-state index contributed by atoms with van der Waals surface area (Å²) >= 11 is 0. The molecule has 0 bridgehead atoms. The van der Waals surface area contributed by atoms with Crippen molar-refractivity contribution >= 4 is 5.97 Å². The van der Waals surface area contributed by atoms with Crippen molar-refractivity contribution in [3.63, 3.8) is 0 Å². The van der Waals surface area contributed by atoms with Crippen LogP contribution in [0.5, 0.6) is 0 Å². The van der Waals surface area contributed by atoms with Crippen LogP contribution >= 0.6 is 0 Å². The molecule has 0 unspecified atom stereocenters. The fraction of sp³-hybridized carbons (Fsp3) is 0.480. The van der Waals surface area contributed by atoms with Crippen LogP contribution in [0.1, 0.15) is 31.9 Å². The van der Waals surface area contributed by atoms with Gasteiger partial charge < -0.3 is 29.5 Å². The Kier molecular flexibility index (Phi) is 8.03. The van der Waals surface area contributed by atoms with Crippen molar-refractivity contribution in [1.29, 1.82) is 0 Å². The summed E-state index contributed by atoms with van der Waals surface area (Å²) in [6.07, 6.45) is -7.78. The summed E-state index contributed by atoms with van der Waals surface area (Å²) in [6.45, 7) is 5.31. The highest BCUT2D eigenvalue weighted by atomic mass is 16.6. The molecule has 0 aliphatic heterocycles. The Bertz CT molecular complexity index is 850. The van der Waals surface area contributed by atoms with Crippen LogP contribution in [-0.4, -0.2) is 57.9 Å². The van der Waals surface area contributed by atoms with E-state index >= 15 is 0 Å². The number of carbonyl (C=O) groups excluding carboxylic acids is 1. The third kappa shape index (κ3) is 5.94. The van der Waals surface area contributed by atoms with Crippen LogP contribution in [0.3, 0.4) is 0 Å². The van der Waals surface area contributed by atoms with Crippen LogP contribution in [0, 0.1) is 5.41 Å². The lowest BCUT2D eigenvalue weighted by atomic mass is 9.84. The minimum atomic E-state index is -1.49. The van der Waals surface area contributed by atoms with Gasteiger partial charge in [-0.1, -0.05) is 60.7 Å². The maximum Gasteiger partial charge on any atom is 0.311 e. The van der Waals surface area contributed by atoms with Crippen molar-refractivity contribution in [2.75, 3.05) is 0 Å². The first-order valence-corrected chi connectivity index (χ1v) is 10.7. The van der Waals surface area contributed by atoms with Gasteiger partial charge in [0.1, 0.15) is 30.5 Å². The molecule has 0 spiro atoms. The highest BCUT2D eigenvalue weighted by molar-refractivity contribution is 5.75. The number of esters is 1. The summed E-state index contributed by atoms with van der Waals surface area (Å²) in [5, 5.41) is 32.5. The van der Waals surface area contributed by atoms with E-state index in [2.05, 4.69) is 0 Å². The molecule has 1 aliphatic carbocycles. The Morgan fingerprint density at radius 1 is 0.719 bits per heavy atom. The first-order valence-electron chi connectivity index (χ1n) is 10.7. The highest BCUT2D eigenvalue weighted by Crippen LogP contribution is 2.31. The molecular weight excluding hydrogens is 412 g/mol. The molecule has 0 saturated heterocycles. The topological polar surface area (TPSA) is 105 Å². The van der Waals surface area contributed by atoms with E-state index in [9.17, 15) is 20.1 Å². The lowest BCUT2D eigenvalue weighted by Gasteiger charge is -2.45. The van der Waals surface area contributed by atoms with E-state index in [0.717, 1.165) is 11.1 Å². The molecule has 2 aromatic carbocycles. The number of rotatable bonds is 7. The number of hydrogen-bond donors (Lipinski definition) is 3. The van der Waals surface area contributed by atoms with Crippen LogP contribution in [0.4, 0.5) is 0 Å². The Hall–Kier alpha value is -2.29. The smallest absolute Gasteiger partial charge is 0.311 e. The predicted molar refractivity (Wildman–Crippen MR) is 117 cm³/mol. The molecule has 3 N–H and O–H groups in total. The number of ether oxygens (including phenoxy) is 3. The predicted octanol–water partition coefficient (Wildman–Crippen LogP) is 2.21. The van der Waals surface area contributed by atoms with Crippen LogP contribution in [-0.2, 0) is 32.2 Å². The van der Waals surface area contributed by atoms with Crippen molar-refractivity contribution in [3.05, 3.63) is 71.8 Å². The second-order valence-electron chi connectivity index (χ2n) is 9.11. The van der Waals surface area contributed by atoms with Crippen LogP contribution in [0.25, 0.3) is 0 Å². The summed E-state index contributed by atoms with van der Waals surface area (Å²) in [7, 11) is 0. The zero-order valence-corrected chi connectivity index (χ0v) is 18.6. The Morgan fingerprint density at radius 2 is 1.16 bits per heavy atom. The summed E-state index contributed by atoms with van der Waals surface area (Å²) in [5.74, 6) is -0.571. The van der Waals surface area contributed by atoms with Gasteiger partial charge in [0.05, 0.1) is 18.6 Å². The molecule has 0 aromatic heterocycles. The maximum atomic E-state index is 12.5. The quantitative estimate of drug-likeness (QED) is 0.563. The molecule has 1 fully saturated rings. The van der Waals surface area contributed by atoms with Gasteiger partial charge in [0.2, 0.25) is 0 Å². The van der Waals surface area contributed by atoms with Gasteiger partial charge in [0.25, 0.3) is 0 Å². The Balaban J connectivity index is 1.79. The Morgan fingerprint density at radius 3 is 1.62 bits per heavy atom. The second-order valence-corrected chi connectivity index (χ2v) is 9.11. The van der Waals surface area contributed by atoms with Gasteiger partial charge in [-0.05, 0) is 31.9 Å². The van der Waals surface area contributed by atoms with E-state index in [0.29, 0.717) is 0 Å². The maximum absolute atomic E-state index is 12.5. The van der Waals surface area contributed by atoms with Crippen LogP contribution < -0.4 is 0 Å². The minimum absolute atomic E-state index is 0.125. The first-order chi connectivity index (χ1) is 15.2. The monoisotopic (exact) mass is 444 g/mol. The molecule has 174 valence electrons. The van der Waals surface area contributed by atoms with Gasteiger partial charge in [0, 0.05) is 0 Å². The standard InChI is InChI=1S/C25H32O7/c1-25(2,3)24(29)32-23-19(27)18(26)21(30-14-16-10-6-4-7-11-16)20(28)22(23)31-15-17-12-8-5-9-13-17/h4-13,18-23,26-28H,14-15H2,1-3H3/t18-,19+,20-,21+,22+,23+/m0/s1. The van der Waals surface area contributed by atoms with E-state index in [-0.39, 0.29) is 13.2 Å². The lowest BCUT2D eigenvalue weighted by molar-refractivity contribution is -0.258. The average molecular weight is 445 g/mol. The zero-order chi connectivity index (χ0) is 23.3. The van der Waals surface area contributed by atoms with Crippen molar-refractivity contribution < 1.29 is 34.3 Å². The highest BCUT2D eigenvalue weighted by Gasteiger charge is 2.53. The van der Waals surface area contributed by atoms with Crippen LogP contribution in [0.2, 0.25) is 0 Å². The van der Waals surface area contributed by atoms with Crippen LogP contribution in [0.15, 0.2) is 60.7 Å². The summed E-state index contributed by atoms with van der Waals surface area (Å²) < 4.78 is 17.2. The van der Waals surface area contributed by atoms with Crippen molar-refractivity contribution in [2.24, 2.45) is 5.41 Å². The summed E-state index contributed by atoms with van der Waals surface area (Å²) in [6, 6.07) is 18.6. The molecule has 3 rings (SSSR count). The largest absolute Gasteiger partial charge is 0.456 e. The van der Waals surface area contributed by atoms with Gasteiger partial charge in [-0.2, -0.15) is 0 Å². The van der Waals surface area contributed by atoms with E-state index in [1.807, 2.05) is 60.7 Å². The first kappa shape index (κ1) is 24.4. The van der Waals surface area contributed by atoms with E-state index in [4.69, 9.17) is 14.2 Å². The molecule has 0 radical (unpaired) electrons. The molecule has 7 nitrogen and oxygen atoms in total. The molecule has 1 saturated carbocycles. The van der Waals surface area contributed by atoms with Gasteiger partial charge in [0.15, 0.2) is 6.10 Å². The number of hydrogen-bond acceptors (Lipinski definition) is 7. The van der Waals surface area contributed by atoms with Crippen molar-refractivity contribution in [1.82, 2.24) is 0 Å². The molecule has 0 heterocycles. The van der Waals surface area contributed by atoms with Crippen molar-refractivity contribution in [3.8, 4) is 0 Å². The fourth-order valence-corrected chi connectivity index (χ4v) is 3.53. The third-order valence-corrected chi connectivity index (χ3v) is 5.45. The normalized spacial score (nSPS) is 28.3. The molecule has 7 heteroatoms. The van der Waals surface area contributed by atoms with Crippen molar-refractivity contribution in [2.45, 2.75) is 70.6 Å². The SMILES string of the molecule is CC(C)(C)C(=O)O[C@@H]1[C@H](O)[C@H](O)[C@@H](OCc2ccccc2)[C@H](O)[C@H]1OCc1ccccc1. The fourth-order valence-electron chi connectivity index (χ4n) is 3.53. The average Bonchev–Trinajstić information content (AvgIpc) is 2.77. The third-order valence-electron chi connectivity index (χ3n) is 5.45. The van der Waals surface area contributed by atoms with Gasteiger partial charge >= 0.3 is 5.97 Å². The molecule has 32 heavy (non-hydrogen) atoms. The zero-order valence-electron chi connectivity index (χ0n) is 18.6. The summed E-state index contributed by atoms with van der Waals surface area (Å²) in [5.41, 5.74) is 0.868. The molecule has 0 amide bonds. The number of carbonyl (C=O) groups is 1. The second kappa shape index (κ2) is 10.6. The lowest BCUT2D eigenvalue weighted by Crippen LogP contribution is -2.66. The molecule has 1 aliphatic rings. The Labute approximate surface area is 188 Å². The number of benzene rings is 2. The van der Waals surface area contributed by atoms with E-state index in [1.54, 1.807) is 20.8 Å². The van der Waals surface area contributed by atoms with E-state index in [1.165, 1.54) is 0 Å². The minimum Gasteiger partial charge on any atom is -0.456 e. The van der Waals surface area contributed by atoms with Gasteiger partial charge in [-0.25, -0.2) is 0 Å². The van der Waals surface area contributed by atoms with E-state index < -0.39 is 48.0 Å². The molecule has 2 aromatic rings.